The molecule has 31 heavy (non-hydrogen) atoms. The van der Waals surface area contributed by atoms with Crippen molar-refractivity contribution in [3.05, 3.63) is 59.1 Å². The van der Waals surface area contributed by atoms with Gasteiger partial charge in [0, 0.05) is 28.8 Å². The number of hydrogen-bond donors (Lipinski definition) is 2. The van der Waals surface area contributed by atoms with E-state index in [0.717, 1.165) is 32.1 Å². The largest absolute Gasteiger partial charge is 0.496 e. The van der Waals surface area contributed by atoms with Crippen LogP contribution in [0.3, 0.4) is 0 Å². The molecule has 7 heteroatoms. The third kappa shape index (κ3) is 5.20. The predicted octanol–water partition coefficient (Wildman–Crippen LogP) is 4.10. The maximum Gasteiger partial charge on any atom is 0.255 e. The number of halogens is 1. The molecule has 6 nitrogen and oxygen atoms in total. The molecule has 0 spiro atoms. The molecule has 2 saturated heterocycles. The van der Waals surface area contributed by atoms with E-state index in [1.54, 1.807) is 31.4 Å². The third-order valence-electron chi connectivity index (χ3n) is 6.25. The Labute approximate surface area is 187 Å². The van der Waals surface area contributed by atoms with E-state index in [1.807, 2.05) is 24.3 Å². The van der Waals surface area contributed by atoms with Crippen molar-refractivity contribution >= 4 is 29.1 Å². The van der Waals surface area contributed by atoms with Crippen molar-refractivity contribution in [3.8, 4) is 5.75 Å². The van der Waals surface area contributed by atoms with Crippen LogP contribution in [0.25, 0.3) is 0 Å². The minimum atomic E-state index is -0.104. The lowest BCUT2D eigenvalue weighted by Crippen LogP contribution is -2.58. The van der Waals surface area contributed by atoms with Crippen LogP contribution in [0.4, 0.5) is 5.69 Å². The van der Waals surface area contributed by atoms with Gasteiger partial charge in [-0.15, -0.1) is 0 Å². The van der Waals surface area contributed by atoms with E-state index in [0.29, 0.717) is 40.7 Å². The zero-order valence-corrected chi connectivity index (χ0v) is 18.4. The molecule has 2 amide bonds. The minimum Gasteiger partial charge on any atom is -0.496 e. The summed E-state index contributed by atoms with van der Waals surface area (Å²) in [7, 11) is 1.57. The number of amides is 2. The molecular formula is C24H28ClN3O3. The number of carbonyl (C=O) groups excluding carboxylic acids is 2. The summed E-state index contributed by atoms with van der Waals surface area (Å²) >= 11 is 6.01. The van der Waals surface area contributed by atoms with Gasteiger partial charge in [0.05, 0.1) is 19.2 Å². The molecule has 0 radical (unpaired) electrons. The highest BCUT2D eigenvalue weighted by molar-refractivity contribution is 6.30. The molecular weight excluding hydrogens is 414 g/mol. The molecule has 2 heterocycles. The lowest BCUT2D eigenvalue weighted by atomic mass is 9.81. The highest BCUT2D eigenvalue weighted by atomic mass is 35.5. The second-order valence-corrected chi connectivity index (χ2v) is 8.75. The van der Waals surface area contributed by atoms with E-state index in [-0.39, 0.29) is 17.9 Å². The fraction of sp³-hybridized carbons (Fsp3) is 0.417. The second-order valence-electron chi connectivity index (χ2n) is 8.31. The van der Waals surface area contributed by atoms with Gasteiger partial charge in [-0.3, -0.25) is 14.5 Å². The Hall–Kier alpha value is -2.57. The summed E-state index contributed by atoms with van der Waals surface area (Å²) in [5.74, 6) is 0.443. The molecule has 2 N–H and O–H groups in total. The molecule has 2 aliphatic heterocycles. The molecule has 0 aliphatic carbocycles. The van der Waals surface area contributed by atoms with Crippen LogP contribution in [0.5, 0.6) is 5.75 Å². The first kappa shape index (κ1) is 21.7. The molecule has 0 aromatic heterocycles. The Balaban J connectivity index is 1.37. The second kappa shape index (κ2) is 9.71. The molecule has 2 aliphatic rings. The predicted molar refractivity (Wildman–Crippen MR) is 122 cm³/mol. The summed E-state index contributed by atoms with van der Waals surface area (Å²) in [4.78, 5) is 27.8. The first-order valence-corrected chi connectivity index (χ1v) is 11.2. The number of ether oxygens (including phenoxy) is 1. The van der Waals surface area contributed by atoms with E-state index in [9.17, 15) is 9.59 Å². The maximum absolute atomic E-state index is 12.8. The summed E-state index contributed by atoms with van der Waals surface area (Å²) in [5, 5.41) is 6.74. The van der Waals surface area contributed by atoms with Crippen molar-refractivity contribution in [2.75, 3.05) is 19.0 Å². The van der Waals surface area contributed by atoms with Gasteiger partial charge >= 0.3 is 0 Å². The van der Waals surface area contributed by atoms with Crippen LogP contribution in [0.15, 0.2) is 48.5 Å². The lowest BCUT2D eigenvalue weighted by Gasteiger charge is -2.48. The van der Waals surface area contributed by atoms with E-state index < -0.39 is 0 Å². The Bertz CT molecular complexity index is 937. The summed E-state index contributed by atoms with van der Waals surface area (Å²) in [5.41, 5.74) is 1.26. The van der Waals surface area contributed by atoms with Gasteiger partial charge < -0.3 is 15.4 Å². The summed E-state index contributed by atoms with van der Waals surface area (Å²) in [6, 6.07) is 15.1. The fourth-order valence-corrected chi connectivity index (χ4v) is 5.07. The normalized spacial score (nSPS) is 23.1. The van der Waals surface area contributed by atoms with Crippen molar-refractivity contribution in [3.63, 3.8) is 0 Å². The number of anilines is 1. The van der Waals surface area contributed by atoms with Crippen molar-refractivity contribution in [2.45, 2.75) is 50.2 Å². The molecule has 2 aromatic rings. The van der Waals surface area contributed by atoms with Gasteiger partial charge in [0.2, 0.25) is 5.91 Å². The van der Waals surface area contributed by atoms with Gasteiger partial charge in [-0.25, -0.2) is 0 Å². The third-order valence-corrected chi connectivity index (χ3v) is 6.48. The number of fused-ring (bicyclic) bond motifs is 2. The molecule has 4 rings (SSSR count). The van der Waals surface area contributed by atoms with Crippen LogP contribution in [0.1, 0.15) is 42.5 Å². The number of methoxy groups -OCH3 is 1. The van der Waals surface area contributed by atoms with Crippen LogP contribution < -0.4 is 15.4 Å². The van der Waals surface area contributed by atoms with Crippen molar-refractivity contribution in [1.82, 2.24) is 10.2 Å². The maximum atomic E-state index is 12.8. The van der Waals surface area contributed by atoms with Crippen LogP contribution in [0.2, 0.25) is 5.02 Å². The van der Waals surface area contributed by atoms with Crippen LogP contribution in [-0.2, 0) is 4.79 Å². The van der Waals surface area contributed by atoms with E-state index in [2.05, 4.69) is 15.5 Å². The fourth-order valence-electron chi connectivity index (χ4n) is 4.88. The first-order valence-electron chi connectivity index (χ1n) is 10.8. The number of benzene rings is 2. The molecule has 164 valence electrons. The standard InChI is InChI=1S/C24H28ClN3O3/c1-31-22-11-3-2-10-21(22)24(30)27-18-13-19-8-5-9-20(14-18)28(19)15-23(29)26-17-7-4-6-16(25)12-17/h2-4,6-7,10-12,18-20H,5,8-9,13-15H2,1H3,(H,26,29)(H,27,30). The van der Waals surface area contributed by atoms with Gasteiger partial charge in [0.15, 0.2) is 0 Å². The number of nitrogens with zero attached hydrogens (tertiary/aromatic N) is 1. The molecule has 2 fully saturated rings. The Morgan fingerprint density at radius 1 is 1.10 bits per heavy atom. The van der Waals surface area contributed by atoms with Crippen molar-refractivity contribution in [2.24, 2.45) is 0 Å². The summed E-state index contributed by atoms with van der Waals surface area (Å²) in [6.07, 6.45) is 4.95. The topological polar surface area (TPSA) is 70.7 Å². The SMILES string of the molecule is COc1ccccc1C(=O)NC1CC2CCCC(C1)N2CC(=O)Nc1cccc(Cl)c1. The van der Waals surface area contributed by atoms with Crippen molar-refractivity contribution < 1.29 is 14.3 Å². The lowest BCUT2D eigenvalue weighted by molar-refractivity contribution is -0.120. The van der Waals surface area contributed by atoms with Crippen LogP contribution >= 0.6 is 11.6 Å². The Kier molecular flexibility index (Phi) is 6.78. The van der Waals surface area contributed by atoms with Gasteiger partial charge in [0.25, 0.3) is 5.91 Å². The number of hydrogen-bond acceptors (Lipinski definition) is 4. The summed E-state index contributed by atoms with van der Waals surface area (Å²) < 4.78 is 5.33. The molecule has 0 saturated carbocycles. The quantitative estimate of drug-likeness (QED) is 0.708. The molecule has 2 aromatic carbocycles. The number of carbonyl (C=O) groups is 2. The monoisotopic (exact) mass is 441 g/mol. The number of para-hydroxylation sites is 1. The van der Waals surface area contributed by atoms with Crippen LogP contribution in [0, 0.1) is 0 Å². The highest BCUT2D eigenvalue weighted by Crippen LogP contribution is 2.34. The Morgan fingerprint density at radius 2 is 1.84 bits per heavy atom. The minimum absolute atomic E-state index is 0.0318. The van der Waals surface area contributed by atoms with Gasteiger partial charge in [-0.05, 0) is 56.0 Å². The highest BCUT2D eigenvalue weighted by Gasteiger charge is 2.39. The van der Waals surface area contributed by atoms with Crippen LogP contribution in [-0.4, -0.2) is 48.5 Å². The average Bonchev–Trinajstić information content (AvgIpc) is 2.74. The zero-order chi connectivity index (χ0) is 21.8. The summed E-state index contributed by atoms with van der Waals surface area (Å²) in [6.45, 7) is 0.356. The molecule has 2 unspecified atom stereocenters. The smallest absolute Gasteiger partial charge is 0.255 e. The van der Waals surface area contributed by atoms with Crippen molar-refractivity contribution in [1.29, 1.82) is 0 Å². The molecule has 2 atom stereocenters. The van der Waals surface area contributed by atoms with E-state index >= 15 is 0 Å². The van der Waals surface area contributed by atoms with Gasteiger partial charge in [0.1, 0.15) is 5.75 Å². The average molecular weight is 442 g/mol. The number of rotatable bonds is 6. The molecule has 2 bridgehead atoms. The van der Waals surface area contributed by atoms with E-state index in [4.69, 9.17) is 16.3 Å². The van der Waals surface area contributed by atoms with Gasteiger partial charge in [-0.1, -0.05) is 36.2 Å². The number of nitrogens with one attached hydrogen (secondary N) is 2. The van der Waals surface area contributed by atoms with Gasteiger partial charge in [-0.2, -0.15) is 0 Å². The first-order chi connectivity index (χ1) is 15.0. The zero-order valence-electron chi connectivity index (χ0n) is 17.6. The van der Waals surface area contributed by atoms with E-state index in [1.165, 1.54) is 0 Å². The number of piperidine rings is 2. The Morgan fingerprint density at radius 3 is 2.55 bits per heavy atom.